The van der Waals surface area contributed by atoms with E-state index in [1.807, 2.05) is 11.9 Å². The summed E-state index contributed by atoms with van der Waals surface area (Å²) in [5.74, 6) is -1.25. The van der Waals surface area contributed by atoms with Gasteiger partial charge in [-0.3, -0.25) is 0 Å². The Bertz CT molecular complexity index is 327. The molecule has 0 aliphatic carbocycles. The van der Waals surface area contributed by atoms with Crippen LogP contribution in [0.2, 0.25) is 0 Å². The Hall–Kier alpha value is -1.56. The molecule has 0 saturated carbocycles. The van der Waals surface area contributed by atoms with Crippen molar-refractivity contribution in [2.45, 2.75) is 13.8 Å². The second-order valence-corrected chi connectivity index (χ2v) is 4.32. The highest BCUT2D eigenvalue weighted by molar-refractivity contribution is 6.13. The van der Waals surface area contributed by atoms with Crippen molar-refractivity contribution in [3.05, 3.63) is 11.8 Å². The Labute approximate surface area is 113 Å². The van der Waals surface area contributed by atoms with Gasteiger partial charge < -0.3 is 19.3 Å². The number of esters is 2. The van der Waals surface area contributed by atoms with Crippen molar-refractivity contribution in [3.63, 3.8) is 0 Å². The SMILES string of the molecule is CCOC(=O)C(=CN1CCN(C)CC1)C(=O)OCC. The van der Waals surface area contributed by atoms with Gasteiger partial charge in [0.15, 0.2) is 5.57 Å². The topological polar surface area (TPSA) is 59.1 Å². The van der Waals surface area contributed by atoms with Crippen LogP contribution in [0.25, 0.3) is 0 Å². The maximum absolute atomic E-state index is 11.8. The zero-order valence-electron chi connectivity index (χ0n) is 11.8. The second-order valence-electron chi connectivity index (χ2n) is 4.32. The van der Waals surface area contributed by atoms with E-state index in [9.17, 15) is 9.59 Å². The summed E-state index contributed by atoms with van der Waals surface area (Å²) >= 11 is 0. The van der Waals surface area contributed by atoms with Gasteiger partial charge in [0.2, 0.25) is 0 Å². The molecule has 1 heterocycles. The molecule has 1 rings (SSSR count). The largest absolute Gasteiger partial charge is 0.462 e. The van der Waals surface area contributed by atoms with Crippen LogP contribution in [0.5, 0.6) is 0 Å². The lowest BCUT2D eigenvalue weighted by atomic mass is 10.2. The summed E-state index contributed by atoms with van der Waals surface area (Å²) in [6, 6.07) is 0. The zero-order valence-corrected chi connectivity index (χ0v) is 11.8. The molecule has 0 N–H and O–H groups in total. The minimum Gasteiger partial charge on any atom is -0.462 e. The van der Waals surface area contributed by atoms with Gasteiger partial charge in [-0.25, -0.2) is 9.59 Å². The third kappa shape index (κ3) is 4.90. The minimum atomic E-state index is -0.625. The molecule has 0 aromatic rings. The first-order chi connectivity index (χ1) is 9.08. The Kier molecular flexibility index (Phi) is 6.35. The third-order valence-electron chi connectivity index (χ3n) is 2.84. The number of rotatable bonds is 5. The van der Waals surface area contributed by atoms with Crippen LogP contribution >= 0.6 is 0 Å². The van der Waals surface area contributed by atoms with E-state index in [-0.39, 0.29) is 18.8 Å². The van der Waals surface area contributed by atoms with Crippen molar-refractivity contribution in [1.29, 1.82) is 0 Å². The molecule has 0 aromatic carbocycles. The van der Waals surface area contributed by atoms with Crippen LogP contribution in [-0.4, -0.2) is 68.2 Å². The minimum absolute atomic E-state index is 0.0340. The first-order valence-corrected chi connectivity index (χ1v) is 6.57. The van der Waals surface area contributed by atoms with Crippen molar-refractivity contribution in [2.75, 3.05) is 46.4 Å². The van der Waals surface area contributed by atoms with Crippen molar-refractivity contribution >= 4 is 11.9 Å². The average molecular weight is 270 g/mol. The van der Waals surface area contributed by atoms with E-state index < -0.39 is 11.9 Å². The summed E-state index contributed by atoms with van der Waals surface area (Å²) in [5, 5.41) is 0. The molecular weight excluding hydrogens is 248 g/mol. The number of likely N-dealkylation sites (N-methyl/N-ethyl adjacent to an activating group) is 1. The number of hydrogen-bond donors (Lipinski definition) is 0. The molecule has 0 atom stereocenters. The lowest BCUT2D eigenvalue weighted by Crippen LogP contribution is -2.42. The maximum Gasteiger partial charge on any atom is 0.347 e. The molecule has 0 unspecified atom stereocenters. The second kappa shape index (κ2) is 7.78. The standard InChI is InChI=1S/C13H22N2O4/c1-4-18-12(16)11(13(17)19-5-2)10-15-8-6-14(3)7-9-15/h10H,4-9H2,1-3H3. The third-order valence-corrected chi connectivity index (χ3v) is 2.84. The van der Waals surface area contributed by atoms with Gasteiger partial charge in [0.1, 0.15) is 0 Å². The van der Waals surface area contributed by atoms with Gasteiger partial charge in [-0.15, -0.1) is 0 Å². The highest BCUT2D eigenvalue weighted by Gasteiger charge is 2.23. The fourth-order valence-electron chi connectivity index (χ4n) is 1.74. The normalized spacial score (nSPS) is 15.8. The van der Waals surface area contributed by atoms with E-state index in [2.05, 4.69) is 4.90 Å². The lowest BCUT2D eigenvalue weighted by molar-refractivity contribution is -0.146. The Morgan fingerprint density at radius 3 is 1.89 bits per heavy atom. The number of carbonyl (C=O) groups excluding carboxylic acids is 2. The molecule has 1 saturated heterocycles. The first-order valence-electron chi connectivity index (χ1n) is 6.57. The molecule has 1 aliphatic heterocycles. The van der Waals surface area contributed by atoms with Crippen molar-refractivity contribution in [3.8, 4) is 0 Å². The van der Waals surface area contributed by atoms with E-state index in [0.717, 1.165) is 26.2 Å². The number of hydrogen-bond acceptors (Lipinski definition) is 6. The molecule has 0 radical (unpaired) electrons. The quantitative estimate of drug-likeness (QED) is 0.309. The highest BCUT2D eigenvalue weighted by Crippen LogP contribution is 2.07. The van der Waals surface area contributed by atoms with E-state index in [1.54, 1.807) is 20.0 Å². The van der Waals surface area contributed by atoms with E-state index in [4.69, 9.17) is 9.47 Å². The molecule has 0 spiro atoms. The Morgan fingerprint density at radius 2 is 1.47 bits per heavy atom. The summed E-state index contributed by atoms with van der Waals surface area (Å²) in [6.45, 7) is 7.23. The maximum atomic E-state index is 11.8. The summed E-state index contributed by atoms with van der Waals surface area (Å²) < 4.78 is 9.78. The monoisotopic (exact) mass is 270 g/mol. The van der Waals surface area contributed by atoms with Crippen molar-refractivity contribution in [1.82, 2.24) is 9.80 Å². The summed E-state index contributed by atoms with van der Waals surface area (Å²) in [5.41, 5.74) is -0.0340. The lowest BCUT2D eigenvalue weighted by Gasteiger charge is -2.31. The highest BCUT2D eigenvalue weighted by atomic mass is 16.6. The van der Waals surface area contributed by atoms with Gasteiger partial charge in [-0.05, 0) is 20.9 Å². The van der Waals surface area contributed by atoms with Crippen molar-refractivity contribution < 1.29 is 19.1 Å². The molecular formula is C13H22N2O4. The molecule has 6 heteroatoms. The fourth-order valence-corrected chi connectivity index (χ4v) is 1.74. The predicted octanol–water partition coefficient (Wildman–Crippen LogP) is 0.244. The van der Waals surface area contributed by atoms with Crippen LogP contribution < -0.4 is 0 Å². The van der Waals surface area contributed by atoms with Gasteiger partial charge in [-0.2, -0.15) is 0 Å². The van der Waals surface area contributed by atoms with Crippen LogP contribution in [-0.2, 0) is 19.1 Å². The molecule has 0 amide bonds. The molecule has 0 aromatic heterocycles. The van der Waals surface area contributed by atoms with Gasteiger partial charge in [0.05, 0.1) is 13.2 Å². The van der Waals surface area contributed by atoms with E-state index in [1.165, 1.54) is 0 Å². The smallest absolute Gasteiger partial charge is 0.347 e. The van der Waals surface area contributed by atoms with E-state index in [0.29, 0.717) is 0 Å². The summed E-state index contributed by atoms with van der Waals surface area (Å²) in [6.07, 6.45) is 1.56. The molecule has 19 heavy (non-hydrogen) atoms. The fraction of sp³-hybridized carbons (Fsp3) is 0.692. The van der Waals surface area contributed by atoms with E-state index >= 15 is 0 Å². The van der Waals surface area contributed by atoms with Gasteiger partial charge >= 0.3 is 11.9 Å². The Morgan fingerprint density at radius 1 is 1.00 bits per heavy atom. The molecule has 108 valence electrons. The van der Waals surface area contributed by atoms with Gasteiger partial charge in [0.25, 0.3) is 0 Å². The van der Waals surface area contributed by atoms with Crippen LogP contribution in [0.15, 0.2) is 11.8 Å². The number of nitrogens with zero attached hydrogens (tertiary/aromatic N) is 2. The van der Waals surface area contributed by atoms with Crippen molar-refractivity contribution in [2.24, 2.45) is 0 Å². The number of ether oxygens (including phenoxy) is 2. The zero-order chi connectivity index (χ0) is 14.3. The average Bonchev–Trinajstić information content (AvgIpc) is 2.38. The van der Waals surface area contributed by atoms with Crippen LogP contribution in [0, 0.1) is 0 Å². The van der Waals surface area contributed by atoms with Gasteiger partial charge in [-0.1, -0.05) is 0 Å². The molecule has 1 aliphatic rings. The molecule has 1 fully saturated rings. The first kappa shape index (κ1) is 15.5. The van der Waals surface area contributed by atoms with Crippen LogP contribution in [0.1, 0.15) is 13.8 Å². The predicted molar refractivity (Wildman–Crippen MR) is 70.4 cm³/mol. The summed E-state index contributed by atoms with van der Waals surface area (Å²) in [7, 11) is 2.04. The van der Waals surface area contributed by atoms with Crippen LogP contribution in [0.4, 0.5) is 0 Å². The number of piperazine rings is 1. The summed E-state index contributed by atoms with van der Waals surface area (Å²) in [4.78, 5) is 27.7. The Balaban J connectivity index is 2.76. The van der Waals surface area contributed by atoms with Crippen LogP contribution in [0.3, 0.4) is 0 Å². The molecule has 0 bridgehead atoms. The number of carbonyl (C=O) groups is 2. The molecule has 6 nitrogen and oxygen atoms in total. The van der Waals surface area contributed by atoms with Gasteiger partial charge in [0, 0.05) is 32.4 Å².